The van der Waals surface area contributed by atoms with Gasteiger partial charge >= 0.3 is 0 Å². The lowest BCUT2D eigenvalue weighted by Crippen LogP contribution is -2.52. The average molecular weight is 633 g/mol. The molecule has 3 aromatic carbocycles. The van der Waals surface area contributed by atoms with Crippen LogP contribution in [0.2, 0.25) is 5.02 Å². The molecule has 7 nitrogen and oxygen atoms in total. The molecule has 1 saturated carbocycles. The molecule has 39 heavy (non-hydrogen) atoms. The zero-order valence-corrected chi connectivity index (χ0v) is 24.8. The van der Waals surface area contributed by atoms with Crippen LogP contribution < -0.4 is 9.62 Å². The molecule has 0 aromatic heterocycles. The normalized spacial score (nSPS) is 14.5. The van der Waals surface area contributed by atoms with Crippen LogP contribution in [-0.2, 0) is 26.2 Å². The van der Waals surface area contributed by atoms with Gasteiger partial charge in [-0.15, -0.1) is 0 Å². The number of nitrogens with one attached hydrogen (secondary N) is 1. The van der Waals surface area contributed by atoms with Gasteiger partial charge in [0, 0.05) is 22.1 Å². The number of halogens is 2. The summed E-state index contributed by atoms with van der Waals surface area (Å²) in [5, 5.41) is 3.62. The molecular formula is C29H31BrClN3O4S. The van der Waals surface area contributed by atoms with Crippen LogP contribution in [-0.4, -0.2) is 43.8 Å². The van der Waals surface area contributed by atoms with Gasteiger partial charge in [-0.3, -0.25) is 13.9 Å². The highest BCUT2D eigenvalue weighted by molar-refractivity contribution is 9.10. The maximum atomic E-state index is 13.9. The number of carbonyl (C=O) groups excluding carboxylic acids is 2. The van der Waals surface area contributed by atoms with Gasteiger partial charge in [0.15, 0.2) is 0 Å². The van der Waals surface area contributed by atoms with E-state index in [4.69, 9.17) is 11.6 Å². The average Bonchev–Trinajstić information content (AvgIpc) is 3.44. The number of nitrogens with zero attached hydrogens (tertiary/aromatic N) is 2. The number of carbonyl (C=O) groups is 2. The summed E-state index contributed by atoms with van der Waals surface area (Å²) in [5.41, 5.74) is 1.10. The fraction of sp³-hybridized carbons (Fsp3) is 0.310. The van der Waals surface area contributed by atoms with E-state index in [9.17, 15) is 18.0 Å². The molecule has 0 radical (unpaired) electrons. The van der Waals surface area contributed by atoms with Gasteiger partial charge in [-0.25, -0.2) is 8.42 Å². The van der Waals surface area contributed by atoms with E-state index in [0.717, 1.165) is 35.6 Å². The molecule has 206 valence electrons. The molecule has 1 aliphatic carbocycles. The fourth-order valence-corrected chi connectivity index (χ4v) is 6.58. The Bertz CT molecular complexity index is 1400. The van der Waals surface area contributed by atoms with Gasteiger partial charge in [0.1, 0.15) is 12.6 Å². The third kappa shape index (κ3) is 7.41. The monoisotopic (exact) mass is 631 g/mol. The first kappa shape index (κ1) is 29.1. The summed E-state index contributed by atoms with van der Waals surface area (Å²) in [6, 6.07) is 21.0. The lowest BCUT2D eigenvalue weighted by molar-refractivity contribution is -0.139. The second-order valence-electron chi connectivity index (χ2n) is 9.62. The van der Waals surface area contributed by atoms with Crippen LogP contribution in [0.25, 0.3) is 0 Å². The SMILES string of the molecule is C[C@@H](C(=O)NC1CCCC1)N(Cc1ccc(Cl)cc1)C(=O)CN(c1cccc(Br)c1)S(=O)(=O)c1ccccc1. The van der Waals surface area contributed by atoms with Gasteiger partial charge in [0.05, 0.1) is 10.6 Å². The van der Waals surface area contributed by atoms with E-state index in [-0.39, 0.29) is 23.4 Å². The Balaban J connectivity index is 1.67. The lowest BCUT2D eigenvalue weighted by Gasteiger charge is -2.32. The van der Waals surface area contributed by atoms with Crippen molar-refractivity contribution in [3.8, 4) is 0 Å². The summed E-state index contributed by atoms with van der Waals surface area (Å²) in [5.74, 6) is -0.761. The Kier molecular flexibility index (Phi) is 9.69. The summed E-state index contributed by atoms with van der Waals surface area (Å²) in [4.78, 5) is 28.7. The maximum Gasteiger partial charge on any atom is 0.264 e. The Morgan fingerprint density at radius 1 is 1.00 bits per heavy atom. The molecule has 4 rings (SSSR count). The van der Waals surface area contributed by atoms with Gasteiger partial charge in [0.2, 0.25) is 11.8 Å². The van der Waals surface area contributed by atoms with Crippen molar-refractivity contribution in [1.82, 2.24) is 10.2 Å². The molecule has 1 fully saturated rings. The molecule has 2 amide bonds. The number of benzene rings is 3. The van der Waals surface area contributed by atoms with Crippen LogP contribution in [0.3, 0.4) is 0 Å². The minimum absolute atomic E-state index is 0.0639. The minimum atomic E-state index is -4.10. The van der Waals surface area contributed by atoms with E-state index in [0.29, 0.717) is 15.2 Å². The van der Waals surface area contributed by atoms with Crippen LogP contribution in [0.5, 0.6) is 0 Å². The first-order chi connectivity index (χ1) is 18.6. The van der Waals surface area contributed by atoms with Gasteiger partial charge in [0.25, 0.3) is 10.0 Å². The zero-order valence-electron chi connectivity index (χ0n) is 21.6. The first-order valence-electron chi connectivity index (χ1n) is 12.8. The maximum absolute atomic E-state index is 13.9. The largest absolute Gasteiger partial charge is 0.352 e. The summed E-state index contributed by atoms with van der Waals surface area (Å²) >= 11 is 9.46. The highest BCUT2D eigenvalue weighted by atomic mass is 79.9. The van der Waals surface area contributed by atoms with E-state index >= 15 is 0 Å². The van der Waals surface area contributed by atoms with E-state index < -0.39 is 28.5 Å². The van der Waals surface area contributed by atoms with Crippen molar-refractivity contribution in [3.63, 3.8) is 0 Å². The molecule has 0 unspecified atom stereocenters. The molecule has 1 aliphatic rings. The molecular weight excluding hydrogens is 602 g/mol. The summed E-state index contributed by atoms with van der Waals surface area (Å²) in [6.07, 6.45) is 3.95. The highest BCUT2D eigenvalue weighted by Crippen LogP contribution is 2.27. The summed E-state index contributed by atoms with van der Waals surface area (Å²) in [7, 11) is -4.10. The number of sulfonamides is 1. The number of hydrogen-bond acceptors (Lipinski definition) is 4. The molecule has 3 aromatic rings. The minimum Gasteiger partial charge on any atom is -0.352 e. The smallest absolute Gasteiger partial charge is 0.264 e. The van der Waals surface area contributed by atoms with Crippen molar-refractivity contribution >= 4 is 55.1 Å². The van der Waals surface area contributed by atoms with Gasteiger partial charge in [-0.1, -0.05) is 76.8 Å². The number of anilines is 1. The van der Waals surface area contributed by atoms with Crippen LogP contribution >= 0.6 is 27.5 Å². The third-order valence-corrected chi connectivity index (χ3v) is 9.37. The molecule has 0 saturated heterocycles. The van der Waals surface area contributed by atoms with Crippen molar-refractivity contribution in [2.24, 2.45) is 0 Å². The highest BCUT2D eigenvalue weighted by Gasteiger charge is 2.33. The van der Waals surface area contributed by atoms with E-state index in [1.165, 1.54) is 17.0 Å². The Morgan fingerprint density at radius 2 is 1.67 bits per heavy atom. The lowest BCUT2D eigenvalue weighted by atomic mass is 10.1. The van der Waals surface area contributed by atoms with Crippen molar-refractivity contribution in [3.05, 3.63) is 93.9 Å². The van der Waals surface area contributed by atoms with Crippen molar-refractivity contribution in [1.29, 1.82) is 0 Å². The van der Waals surface area contributed by atoms with E-state index in [1.807, 2.05) is 0 Å². The fourth-order valence-electron chi connectivity index (χ4n) is 4.64. The second-order valence-corrected chi connectivity index (χ2v) is 12.8. The van der Waals surface area contributed by atoms with Crippen molar-refractivity contribution in [2.75, 3.05) is 10.8 Å². The number of rotatable bonds is 10. The van der Waals surface area contributed by atoms with Crippen LogP contribution in [0, 0.1) is 0 Å². The predicted molar refractivity (Wildman–Crippen MR) is 157 cm³/mol. The quantitative estimate of drug-likeness (QED) is 0.307. The predicted octanol–water partition coefficient (Wildman–Crippen LogP) is 5.77. The Labute approximate surface area is 243 Å². The van der Waals surface area contributed by atoms with Crippen LogP contribution in [0.1, 0.15) is 38.2 Å². The Morgan fingerprint density at radius 3 is 2.31 bits per heavy atom. The van der Waals surface area contributed by atoms with E-state index in [1.54, 1.807) is 73.7 Å². The number of amides is 2. The molecule has 0 spiro atoms. The van der Waals surface area contributed by atoms with Crippen molar-refractivity contribution < 1.29 is 18.0 Å². The van der Waals surface area contributed by atoms with E-state index in [2.05, 4.69) is 21.2 Å². The first-order valence-corrected chi connectivity index (χ1v) is 15.4. The zero-order chi connectivity index (χ0) is 28.0. The molecule has 0 bridgehead atoms. The molecule has 0 heterocycles. The topological polar surface area (TPSA) is 86.8 Å². The van der Waals surface area contributed by atoms with Crippen LogP contribution in [0.15, 0.2) is 88.2 Å². The Hall–Kier alpha value is -2.88. The van der Waals surface area contributed by atoms with Crippen molar-refractivity contribution in [2.45, 2.75) is 56.1 Å². The molecule has 10 heteroatoms. The van der Waals surface area contributed by atoms with Gasteiger partial charge in [-0.2, -0.15) is 0 Å². The third-order valence-electron chi connectivity index (χ3n) is 6.84. The molecule has 1 N–H and O–H groups in total. The number of hydrogen-bond donors (Lipinski definition) is 1. The standard InChI is InChI=1S/C29H31BrClN3O4S/c1-21(29(36)32-25-9-5-6-10-25)33(19-22-14-16-24(31)17-15-22)28(35)20-34(26-11-7-8-23(30)18-26)39(37,38)27-12-3-2-4-13-27/h2-4,7-8,11-18,21,25H,5-6,9-10,19-20H2,1H3,(H,32,36)/t21-/m0/s1. The summed E-state index contributed by atoms with van der Waals surface area (Å²) in [6.45, 7) is 1.31. The molecule has 1 atom stereocenters. The summed E-state index contributed by atoms with van der Waals surface area (Å²) < 4.78 is 29.3. The second kappa shape index (κ2) is 13.0. The van der Waals surface area contributed by atoms with Crippen LogP contribution in [0.4, 0.5) is 5.69 Å². The molecule has 0 aliphatic heterocycles. The van der Waals surface area contributed by atoms with Gasteiger partial charge in [-0.05, 0) is 67.8 Å². The van der Waals surface area contributed by atoms with Gasteiger partial charge < -0.3 is 10.2 Å².